The summed E-state index contributed by atoms with van der Waals surface area (Å²) in [6, 6.07) is 18.2. The highest BCUT2D eigenvalue weighted by molar-refractivity contribution is 5.39. The van der Waals surface area contributed by atoms with E-state index in [0.717, 1.165) is 16.7 Å². The van der Waals surface area contributed by atoms with Crippen LogP contribution in [0.3, 0.4) is 0 Å². The molecule has 1 aromatic heterocycles. The van der Waals surface area contributed by atoms with Crippen molar-refractivity contribution in [2.24, 2.45) is 0 Å². The number of fused-ring (bicyclic) bond motifs is 1. The van der Waals surface area contributed by atoms with Gasteiger partial charge in [-0.3, -0.25) is 4.79 Å². The van der Waals surface area contributed by atoms with Crippen molar-refractivity contribution in [2.75, 3.05) is 0 Å². The molecular weight excluding hydrogens is 341 g/mol. The number of hydrogen-bond donors (Lipinski definition) is 0. The summed E-state index contributed by atoms with van der Waals surface area (Å²) >= 11 is 0. The fourth-order valence-electron chi connectivity index (χ4n) is 3.74. The van der Waals surface area contributed by atoms with Gasteiger partial charge in [0.25, 0.3) is 5.56 Å². The molecule has 138 valence electrons. The number of rotatable bonds is 3. The molecule has 3 aromatic rings. The van der Waals surface area contributed by atoms with Crippen LogP contribution in [0.15, 0.2) is 71.7 Å². The summed E-state index contributed by atoms with van der Waals surface area (Å²) in [6.07, 6.45) is 1.89. The number of nitrogens with zero attached hydrogens (tertiary/aromatic N) is 1. The molecule has 0 spiro atoms. The van der Waals surface area contributed by atoms with Gasteiger partial charge in [-0.2, -0.15) is 0 Å². The van der Waals surface area contributed by atoms with Gasteiger partial charge in [-0.25, -0.2) is 4.39 Å². The van der Waals surface area contributed by atoms with Crippen molar-refractivity contribution >= 4 is 0 Å². The molecule has 0 amide bonds. The van der Waals surface area contributed by atoms with Crippen LogP contribution in [0.25, 0.3) is 0 Å². The molecule has 0 fully saturated rings. The topological polar surface area (TPSA) is 31.2 Å². The first-order valence-corrected chi connectivity index (χ1v) is 9.12. The summed E-state index contributed by atoms with van der Waals surface area (Å²) in [5, 5.41) is 0. The van der Waals surface area contributed by atoms with Gasteiger partial charge in [-0.15, -0.1) is 0 Å². The molecular formula is C23H22FNO2. The Kier molecular flexibility index (Phi) is 4.44. The predicted octanol–water partition coefficient (Wildman–Crippen LogP) is 4.48. The van der Waals surface area contributed by atoms with Crippen molar-refractivity contribution in [3.63, 3.8) is 0 Å². The first-order valence-electron chi connectivity index (χ1n) is 9.12. The van der Waals surface area contributed by atoms with E-state index in [1.165, 1.54) is 12.1 Å². The Balaban J connectivity index is 1.79. The van der Waals surface area contributed by atoms with Crippen molar-refractivity contribution in [2.45, 2.75) is 38.5 Å². The van der Waals surface area contributed by atoms with Gasteiger partial charge in [0.15, 0.2) is 0 Å². The maximum Gasteiger partial charge on any atom is 0.257 e. The maximum atomic E-state index is 13.9. The number of ether oxygens (including phenoxy) is 1. The molecule has 2 aromatic carbocycles. The number of benzene rings is 2. The van der Waals surface area contributed by atoms with Gasteiger partial charge >= 0.3 is 0 Å². The lowest BCUT2D eigenvalue weighted by atomic mass is 9.86. The van der Waals surface area contributed by atoms with Crippen molar-refractivity contribution in [3.05, 3.63) is 105 Å². The molecule has 1 atom stereocenters. The van der Waals surface area contributed by atoms with E-state index in [1.807, 2.05) is 50.2 Å². The van der Waals surface area contributed by atoms with Gasteiger partial charge in [0.1, 0.15) is 11.9 Å². The minimum atomic E-state index is -0.574. The molecule has 4 rings (SSSR count). The second kappa shape index (κ2) is 6.78. The first-order chi connectivity index (χ1) is 12.9. The standard InChI is InChI=1S/C23H22FNO2/c1-23(2)14-17-10-11-18(24)13-20(17)21(27-23)19-9-6-12-25(22(19)26)15-16-7-4-3-5-8-16/h3-13,21H,14-15H2,1-2H3. The molecule has 0 saturated heterocycles. The van der Waals surface area contributed by atoms with Crippen LogP contribution in [0, 0.1) is 5.82 Å². The Morgan fingerprint density at radius 3 is 2.63 bits per heavy atom. The van der Waals surface area contributed by atoms with Crippen molar-refractivity contribution < 1.29 is 9.13 Å². The van der Waals surface area contributed by atoms with E-state index in [0.29, 0.717) is 18.5 Å². The zero-order valence-electron chi connectivity index (χ0n) is 15.5. The zero-order chi connectivity index (χ0) is 19.0. The van der Waals surface area contributed by atoms with E-state index >= 15 is 0 Å². The van der Waals surface area contributed by atoms with Gasteiger partial charge in [0, 0.05) is 12.6 Å². The summed E-state index contributed by atoms with van der Waals surface area (Å²) in [6.45, 7) is 4.48. The average molecular weight is 363 g/mol. The molecule has 27 heavy (non-hydrogen) atoms. The van der Waals surface area contributed by atoms with Crippen molar-refractivity contribution in [3.8, 4) is 0 Å². The molecule has 1 unspecified atom stereocenters. The largest absolute Gasteiger partial charge is 0.362 e. The van der Waals surface area contributed by atoms with Gasteiger partial charge in [-0.1, -0.05) is 36.4 Å². The van der Waals surface area contributed by atoms with Gasteiger partial charge in [-0.05, 0) is 54.8 Å². The highest BCUT2D eigenvalue weighted by Crippen LogP contribution is 2.38. The molecule has 3 nitrogen and oxygen atoms in total. The molecule has 0 saturated carbocycles. The van der Waals surface area contributed by atoms with Crippen LogP contribution in [-0.2, 0) is 17.7 Å². The fraction of sp³-hybridized carbons (Fsp3) is 0.261. The van der Waals surface area contributed by atoms with E-state index in [4.69, 9.17) is 4.74 Å². The molecule has 2 heterocycles. The Hall–Kier alpha value is -2.72. The van der Waals surface area contributed by atoms with Crippen LogP contribution in [0.4, 0.5) is 4.39 Å². The molecule has 0 N–H and O–H groups in total. The van der Waals surface area contributed by atoms with Crippen LogP contribution in [0.1, 0.15) is 42.2 Å². The van der Waals surface area contributed by atoms with Crippen molar-refractivity contribution in [1.29, 1.82) is 0 Å². The summed E-state index contributed by atoms with van der Waals surface area (Å²) in [4.78, 5) is 13.2. The normalized spacial score (nSPS) is 18.1. The van der Waals surface area contributed by atoms with Gasteiger partial charge < -0.3 is 9.30 Å². The summed E-state index contributed by atoms with van der Waals surface area (Å²) in [5.41, 5.74) is 2.81. The van der Waals surface area contributed by atoms with Crippen LogP contribution in [0.2, 0.25) is 0 Å². The quantitative estimate of drug-likeness (QED) is 0.687. The third-order valence-corrected chi connectivity index (χ3v) is 4.97. The lowest BCUT2D eigenvalue weighted by Crippen LogP contribution is -2.37. The first kappa shape index (κ1) is 17.7. The van der Waals surface area contributed by atoms with E-state index in [1.54, 1.807) is 22.9 Å². The highest BCUT2D eigenvalue weighted by atomic mass is 19.1. The molecule has 0 aliphatic carbocycles. The van der Waals surface area contributed by atoms with Crippen LogP contribution < -0.4 is 5.56 Å². The summed E-state index contributed by atoms with van der Waals surface area (Å²) < 4.78 is 21.8. The van der Waals surface area contributed by atoms with Crippen LogP contribution in [0.5, 0.6) is 0 Å². The molecule has 0 bridgehead atoms. The third kappa shape index (κ3) is 3.58. The van der Waals surface area contributed by atoms with Crippen LogP contribution in [-0.4, -0.2) is 10.2 Å². The second-order valence-corrected chi connectivity index (χ2v) is 7.66. The number of pyridine rings is 1. The molecule has 1 aliphatic rings. The average Bonchev–Trinajstić information content (AvgIpc) is 2.64. The van der Waals surface area contributed by atoms with E-state index in [9.17, 15) is 9.18 Å². The number of halogens is 1. The Labute approximate surface area is 158 Å². The minimum absolute atomic E-state index is 0.112. The van der Waals surface area contributed by atoms with Gasteiger partial charge in [0.2, 0.25) is 0 Å². The van der Waals surface area contributed by atoms with Crippen LogP contribution >= 0.6 is 0 Å². The molecule has 1 aliphatic heterocycles. The fourth-order valence-corrected chi connectivity index (χ4v) is 3.74. The highest BCUT2D eigenvalue weighted by Gasteiger charge is 2.35. The Morgan fingerprint density at radius 1 is 1.07 bits per heavy atom. The van der Waals surface area contributed by atoms with Crippen molar-refractivity contribution in [1.82, 2.24) is 4.57 Å². The molecule has 4 heteroatoms. The smallest absolute Gasteiger partial charge is 0.257 e. The van der Waals surface area contributed by atoms with E-state index in [-0.39, 0.29) is 11.4 Å². The van der Waals surface area contributed by atoms with E-state index < -0.39 is 11.7 Å². The molecule has 0 radical (unpaired) electrons. The third-order valence-electron chi connectivity index (χ3n) is 4.97. The predicted molar refractivity (Wildman–Crippen MR) is 103 cm³/mol. The lowest BCUT2D eigenvalue weighted by Gasteiger charge is -2.37. The minimum Gasteiger partial charge on any atom is -0.362 e. The Bertz CT molecular complexity index is 1020. The zero-order valence-corrected chi connectivity index (χ0v) is 15.5. The second-order valence-electron chi connectivity index (χ2n) is 7.66. The monoisotopic (exact) mass is 363 g/mol. The summed E-state index contributed by atoms with van der Waals surface area (Å²) in [5.74, 6) is -0.317. The Morgan fingerprint density at radius 2 is 1.85 bits per heavy atom. The van der Waals surface area contributed by atoms with E-state index in [2.05, 4.69) is 0 Å². The summed E-state index contributed by atoms with van der Waals surface area (Å²) in [7, 11) is 0. The maximum absolute atomic E-state index is 13.9. The SMILES string of the molecule is CC1(C)Cc2ccc(F)cc2C(c2cccn(Cc3ccccc3)c2=O)O1. The van der Waals surface area contributed by atoms with Gasteiger partial charge in [0.05, 0.1) is 17.7 Å². The lowest BCUT2D eigenvalue weighted by molar-refractivity contribution is -0.0676. The number of aromatic nitrogens is 1. The number of hydrogen-bond acceptors (Lipinski definition) is 2.